The predicted molar refractivity (Wildman–Crippen MR) is 68.0 cm³/mol. The SMILES string of the molecule is CC1(C)C=C(CCOCC2CC2)C(C)(C)N1O. The van der Waals surface area contributed by atoms with Crippen LogP contribution >= 0.6 is 0 Å². The Kier molecular flexibility index (Phi) is 3.36. The molecule has 0 aromatic heterocycles. The highest BCUT2D eigenvalue weighted by Crippen LogP contribution is 2.39. The first kappa shape index (κ1) is 13.1. The number of hydrogen-bond donors (Lipinski definition) is 1. The van der Waals surface area contributed by atoms with Gasteiger partial charge in [-0.15, -0.1) is 0 Å². The minimum Gasteiger partial charge on any atom is -0.381 e. The molecule has 0 amide bonds. The van der Waals surface area contributed by atoms with Crippen molar-refractivity contribution in [2.24, 2.45) is 5.92 Å². The Morgan fingerprint density at radius 1 is 1.35 bits per heavy atom. The minimum absolute atomic E-state index is 0.269. The van der Waals surface area contributed by atoms with Crippen LogP contribution < -0.4 is 0 Å². The van der Waals surface area contributed by atoms with Gasteiger partial charge in [0.15, 0.2) is 0 Å². The molecule has 1 heterocycles. The topological polar surface area (TPSA) is 32.7 Å². The Bertz CT molecular complexity index is 316. The lowest BCUT2D eigenvalue weighted by atomic mass is 9.94. The normalized spacial score (nSPS) is 27.2. The fourth-order valence-electron chi connectivity index (χ4n) is 2.62. The lowest BCUT2D eigenvalue weighted by molar-refractivity contribution is -0.185. The Hall–Kier alpha value is -0.380. The van der Waals surface area contributed by atoms with Gasteiger partial charge in [-0.05, 0) is 58.4 Å². The molecule has 2 aliphatic rings. The van der Waals surface area contributed by atoms with E-state index in [1.807, 2.05) is 13.8 Å². The van der Waals surface area contributed by atoms with E-state index < -0.39 is 0 Å². The molecule has 0 atom stereocenters. The summed E-state index contributed by atoms with van der Waals surface area (Å²) in [5, 5.41) is 11.6. The van der Waals surface area contributed by atoms with Crippen LogP contribution in [0, 0.1) is 5.92 Å². The molecule has 0 unspecified atom stereocenters. The molecule has 3 heteroatoms. The second-order valence-electron chi connectivity index (χ2n) is 6.46. The van der Waals surface area contributed by atoms with Gasteiger partial charge in [-0.1, -0.05) is 6.08 Å². The molecule has 98 valence electrons. The van der Waals surface area contributed by atoms with Gasteiger partial charge in [0.2, 0.25) is 0 Å². The van der Waals surface area contributed by atoms with Crippen LogP contribution in [0.25, 0.3) is 0 Å². The van der Waals surface area contributed by atoms with E-state index in [-0.39, 0.29) is 11.1 Å². The average molecular weight is 239 g/mol. The zero-order valence-corrected chi connectivity index (χ0v) is 11.5. The van der Waals surface area contributed by atoms with Crippen LogP contribution in [0.3, 0.4) is 0 Å². The maximum absolute atomic E-state index is 10.2. The fourth-order valence-corrected chi connectivity index (χ4v) is 2.62. The second kappa shape index (κ2) is 4.38. The standard InChI is InChI=1S/C14H25NO2/c1-13(2)9-12(14(3,4)15(13)16)7-8-17-10-11-5-6-11/h9,11,16H,5-8,10H2,1-4H3. The number of hydroxylamine groups is 2. The maximum atomic E-state index is 10.2. The molecule has 1 saturated carbocycles. The predicted octanol–water partition coefficient (Wildman–Crippen LogP) is 2.99. The fraction of sp³-hybridized carbons (Fsp3) is 0.857. The van der Waals surface area contributed by atoms with E-state index in [1.165, 1.54) is 23.5 Å². The van der Waals surface area contributed by atoms with Gasteiger partial charge in [0.25, 0.3) is 0 Å². The first-order chi connectivity index (χ1) is 7.84. The van der Waals surface area contributed by atoms with Crippen molar-refractivity contribution in [3.05, 3.63) is 11.6 Å². The van der Waals surface area contributed by atoms with E-state index in [4.69, 9.17) is 4.74 Å². The van der Waals surface area contributed by atoms with Crippen molar-refractivity contribution in [3.63, 3.8) is 0 Å². The van der Waals surface area contributed by atoms with Gasteiger partial charge in [-0.3, -0.25) is 0 Å². The first-order valence-corrected chi connectivity index (χ1v) is 6.63. The van der Waals surface area contributed by atoms with Crippen molar-refractivity contribution >= 4 is 0 Å². The molecule has 1 aliphatic heterocycles. The van der Waals surface area contributed by atoms with E-state index in [1.54, 1.807) is 0 Å². The Morgan fingerprint density at radius 3 is 2.47 bits per heavy atom. The van der Waals surface area contributed by atoms with Crippen LogP contribution in [-0.4, -0.2) is 34.6 Å². The number of nitrogens with zero attached hydrogens (tertiary/aromatic N) is 1. The number of ether oxygens (including phenoxy) is 1. The molecule has 2 rings (SSSR count). The molecule has 0 spiro atoms. The summed E-state index contributed by atoms with van der Waals surface area (Å²) < 4.78 is 5.68. The lowest BCUT2D eigenvalue weighted by Gasteiger charge is -2.36. The van der Waals surface area contributed by atoms with E-state index in [0.717, 1.165) is 25.6 Å². The molecule has 0 bridgehead atoms. The monoisotopic (exact) mass is 239 g/mol. The van der Waals surface area contributed by atoms with Crippen LogP contribution in [0.5, 0.6) is 0 Å². The average Bonchev–Trinajstić information content (AvgIpc) is 3.02. The quantitative estimate of drug-likeness (QED) is 0.591. The third kappa shape index (κ3) is 2.72. The smallest absolute Gasteiger partial charge is 0.0623 e. The van der Waals surface area contributed by atoms with Gasteiger partial charge in [0.1, 0.15) is 0 Å². The molecule has 0 aromatic carbocycles. The zero-order valence-electron chi connectivity index (χ0n) is 11.5. The third-order valence-corrected chi connectivity index (χ3v) is 3.95. The van der Waals surface area contributed by atoms with E-state index in [9.17, 15) is 5.21 Å². The van der Waals surface area contributed by atoms with Crippen molar-refractivity contribution in [1.29, 1.82) is 0 Å². The van der Waals surface area contributed by atoms with Crippen LogP contribution in [0.1, 0.15) is 47.0 Å². The highest BCUT2D eigenvalue weighted by Gasteiger charge is 2.44. The summed E-state index contributed by atoms with van der Waals surface area (Å²) in [6, 6.07) is 0. The van der Waals surface area contributed by atoms with Crippen molar-refractivity contribution in [2.45, 2.75) is 58.0 Å². The largest absolute Gasteiger partial charge is 0.381 e. The summed E-state index contributed by atoms with van der Waals surface area (Å²) >= 11 is 0. The van der Waals surface area contributed by atoms with Crippen LogP contribution in [0.4, 0.5) is 0 Å². The summed E-state index contributed by atoms with van der Waals surface area (Å²) in [6.07, 6.45) is 5.77. The summed E-state index contributed by atoms with van der Waals surface area (Å²) in [5.74, 6) is 0.825. The molecule has 1 N–H and O–H groups in total. The van der Waals surface area contributed by atoms with Gasteiger partial charge in [0.05, 0.1) is 17.7 Å². The molecule has 3 nitrogen and oxygen atoms in total. The van der Waals surface area contributed by atoms with Gasteiger partial charge < -0.3 is 9.94 Å². The maximum Gasteiger partial charge on any atom is 0.0623 e. The van der Waals surface area contributed by atoms with Gasteiger partial charge >= 0.3 is 0 Å². The molecule has 1 fully saturated rings. The molecule has 0 saturated heterocycles. The zero-order chi connectivity index (χ0) is 12.7. The van der Waals surface area contributed by atoms with Crippen molar-refractivity contribution in [3.8, 4) is 0 Å². The summed E-state index contributed by atoms with van der Waals surface area (Å²) in [6.45, 7) is 9.89. The summed E-state index contributed by atoms with van der Waals surface area (Å²) in [5.41, 5.74) is 0.739. The van der Waals surface area contributed by atoms with E-state index >= 15 is 0 Å². The molecule has 0 aromatic rings. The van der Waals surface area contributed by atoms with E-state index in [2.05, 4.69) is 19.9 Å². The number of rotatable bonds is 5. The Balaban J connectivity index is 1.85. The van der Waals surface area contributed by atoms with Gasteiger partial charge in [-0.2, -0.15) is 5.06 Å². The van der Waals surface area contributed by atoms with E-state index in [0.29, 0.717) is 0 Å². The Labute approximate surface area is 104 Å². The van der Waals surface area contributed by atoms with Crippen LogP contribution in [0.15, 0.2) is 11.6 Å². The number of hydrogen-bond acceptors (Lipinski definition) is 3. The van der Waals surface area contributed by atoms with Gasteiger partial charge in [-0.25, -0.2) is 0 Å². The van der Waals surface area contributed by atoms with Crippen molar-refractivity contribution < 1.29 is 9.94 Å². The van der Waals surface area contributed by atoms with Crippen LogP contribution in [-0.2, 0) is 4.74 Å². The van der Waals surface area contributed by atoms with Crippen LogP contribution in [0.2, 0.25) is 0 Å². The first-order valence-electron chi connectivity index (χ1n) is 6.63. The van der Waals surface area contributed by atoms with Gasteiger partial charge in [0, 0.05) is 6.61 Å². The third-order valence-electron chi connectivity index (χ3n) is 3.95. The molecule has 1 aliphatic carbocycles. The second-order valence-corrected chi connectivity index (χ2v) is 6.46. The molecular formula is C14H25NO2. The molecular weight excluding hydrogens is 214 g/mol. The highest BCUT2D eigenvalue weighted by molar-refractivity contribution is 5.29. The Morgan fingerprint density at radius 2 is 2.00 bits per heavy atom. The molecule has 0 radical (unpaired) electrons. The minimum atomic E-state index is -0.271. The lowest BCUT2D eigenvalue weighted by Crippen LogP contribution is -2.47. The summed E-state index contributed by atoms with van der Waals surface area (Å²) in [7, 11) is 0. The summed E-state index contributed by atoms with van der Waals surface area (Å²) in [4.78, 5) is 0. The van der Waals surface area contributed by atoms with Crippen molar-refractivity contribution in [1.82, 2.24) is 5.06 Å². The molecule has 17 heavy (non-hydrogen) atoms. The van der Waals surface area contributed by atoms with Crippen molar-refractivity contribution in [2.75, 3.05) is 13.2 Å². The highest BCUT2D eigenvalue weighted by atomic mass is 16.5.